The van der Waals surface area contributed by atoms with Gasteiger partial charge in [0.05, 0.1) is 27.1 Å². The summed E-state index contributed by atoms with van der Waals surface area (Å²) in [5.74, 6) is 0.0663. The molecule has 11 heteroatoms. The van der Waals surface area contributed by atoms with Gasteiger partial charge in [-0.15, -0.1) is 0 Å². The van der Waals surface area contributed by atoms with Crippen molar-refractivity contribution in [1.82, 2.24) is 9.66 Å². The Hall–Kier alpha value is -3.63. The van der Waals surface area contributed by atoms with Crippen LogP contribution < -0.4 is 10.3 Å². The number of nitrogens with zero attached hydrogens (tertiary/aromatic N) is 4. The van der Waals surface area contributed by atoms with Gasteiger partial charge in [0.25, 0.3) is 5.56 Å². The molecule has 0 aliphatic heterocycles. The molecule has 1 aliphatic rings. The Balaban J connectivity index is 1.52. The molecular formula is C28H23BrClFN4O4. The molecule has 1 saturated carbocycles. The zero-order valence-corrected chi connectivity index (χ0v) is 23.0. The molecule has 0 atom stereocenters. The van der Waals surface area contributed by atoms with Crippen molar-refractivity contribution in [3.05, 3.63) is 107 Å². The molecule has 1 fully saturated rings. The van der Waals surface area contributed by atoms with Crippen LogP contribution in [0.2, 0.25) is 5.02 Å². The number of nitro benzene ring substituents is 1. The van der Waals surface area contributed by atoms with Crippen LogP contribution in [0.25, 0.3) is 10.9 Å². The maximum Gasteiger partial charge on any atom is 0.313 e. The van der Waals surface area contributed by atoms with Crippen molar-refractivity contribution >= 4 is 50.3 Å². The minimum absolute atomic E-state index is 0.0116. The van der Waals surface area contributed by atoms with E-state index in [-0.39, 0.29) is 34.5 Å². The highest BCUT2D eigenvalue weighted by Crippen LogP contribution is 2.37. The topological polar surface area (TPSA) is 99.6 Å². The van der Waals surface area contributed by atoms with Crippen LogP contribution in [0.4, 0.5) is 10.1 Å². The van der Waals surface area contributed by atoms with Gasteiger partial charge in [0.1, 0.15) is 18.2 Å². The standard InChI is InChI=1S/C28H23BrClFN4O4/c29-20-9-10-24-22(14-20)28(36)34(27(33-24)19-6-2-1-3-7-19)32-15-18-12-23(30)26(25(13-18)35(37)38)39-16-17-5-4-8-21(31)11-17/h4-5,8-15,19H,1-3,6-7,16H2. The lowest BCUT2D eigenvalue weighted by molar-refractivity contribution is -0.385. The van der Waals surface area contributed by atoms with Crippen LogP contribution in [0, 0.1) is 15.9 Å². The smallest absolute Gasteiger partial charge is 0.313 e. The summed E-state index contributed by atoms with van der Waals surface area (Å²) in [6, 6.07) is 13.8. The molecule has 5 rings (SSSR count). The average molecular weight is 614 g/mol. The second-order valence-corrected chi connectivity index (χ2v) is 10.7. The Bertz CT molecular complexity index is 1650. The maximum atomic E-state index is 13.5. The fourth-order valence-corrected chi connectivity index (χ4v) is 5.40. The molecule has 0 bridgehead atoms. The van der Waals surface area contributed by atoms with E-state index in [4.69, 9.17) is 21.3 Å². The molecule has 0 unspecified atom stereocenters. The minimum Gasteiger partial charge on any atom is -0.481 e. The lowest BCUT2D eigenvalue weighted by Gasteiger charge is -2.22. The van der Waals surface area contributed by atoms with Gasteiger partial charge in [-0.3, -0.25) is 14.9 Å². The number of ether oxygens (including phenoxy) is 1. The van der Waals surface area contributed by atoms with Crippen LogP contribution in [0.15, 0.2) is 69.0 Å². The fraction of sp³-hybridized carbons (Fsp3) is 0.250. The van der Waals surface area contributed by atoms with E-state index in [1.165, 1.54) is 41.2 Å². The van der Waals surface area contributed by atoms with E-state index in [1.54, 1.807) is 18.2 Å². The van der Waals surface area contributed by atoms with E-state index in [9.17, 15) is 19.3 Å². The number of benzene rings is 3. The predicted molar refractivity (Wildman–Crippen MR) is 151 cm³/mol. The van der Waals surface area contributed by atoms with Gasteiger partial charge in [0.2, 0.25) is 5.75 Å². The SMILES string of the molecule is O=c1c2cc(Br)ccc2nc(C2CCCCC2)n1N=Cc1cc(Cl)c(OCc2cccc(F)c2)c([N+](=O)[O-])c1. The van der Waals surface area contributed by atoms with E-state index >= 15 is 0 Å². The van der Waals surface area contributed by atoms with Crippen molar-refractivity contribution < 1.29 is 14.1 Å². The van der Waals surface area contributed by atoms with Crippen LogP contribution in [-0.4, -0.2) is 20.8 Å². The molecule has 200 valence electrons. The van der Waals surface area contributed by atoms with Crippen molar-refractivity contribution in [2.75, 3.05) is 0 Å². The fourth-order valence-electron chi connectivity index (χ4n) is 4.76. The highest BCUT2D eigenvalue weighted by molar-refractivity contribution is 9.10. The number of rotatable bonds is 7. The van der Waals surface area contributed by atoms with E-state index < -0.39 is 10.7 Å². The van der Waals surface area contributed by atoms with E-state index in [1.807, 2.05) is 6.07 Å². The summed E-state index contributed by atoms with van der Waals surface area (Å²) >= 11 is 9.79. The molecule has 0 N–H and O–H groups in total. The molecule has 0 radical (unpaired) electrons. The van der Waals surface area contributed by atoms with Crippen LogP contribution >= 0.6 is 27.5 Å². The van der Waals surface area contributed by atoms with E-state index in [0.717, 1.165) is 36.6 Å². The third kappa shape index (κ3) is 6.02. The van der Waals surface area contributed by atoms with Gasteiger partial charge in [-0.25, -0.2) is 9.37 Å². The summed E-state index contributed by atoms with van der Waals surface area (Å²) in [7, 11) is 0. The summed E-state index contributed by atoms with van der Waals surface area (Å²) < 4.78 is 21.1. The summed E-state index contributed by atoms with van der Waals surface area (Å²) in [5.41, 5.74) is 0.694. The minimum atomic E-state index is -0.612. The van der Waals surface area contributed by atoms with E-state index in [2.05, 4.69) is 21.0 Å². The van der Waals surface area contributed by atoms with Gasteiger partial charge in [-0.2, -0.15) is 9.78 Å². The first-order valence-electron chi connectivity index (χ1n) is 12.4. The quantitative estimate of drug-likeness (QED) is 0.123. The van der Waals surface area contributed by atoms with Gasteiger partial charge in [0.15, 0.2) is 0 Å². The molecule has 0 spiro atoms. The second kappa shape index (κ2) is 11.6. The Morgan fingerprint density at radius 2 is 1.97 bits per heavy atom. The second-order valence-electron chi connectivity index (χ2n) is 9.35. The zero-order valence-electron chi connectivity index (χ0n) is 20.6. The first-order valence-corrected chi connectivity index (χ1v) is 13.6. The van der Waals surface area contributed by atoms with Crippen LogP contribution in [0.1, 0.15) is 55.0 Å². The van der Waals surface area contributed by atoms with Crippen molar-refractivity contribution in [3.8, 4) is 5.75 Å². The Labute approximate surface area is 236 Å². The summed E-state index contributed by atoms with van der Waals surface area (Å²) in [6.07, 6.45) is 6.38. The number of hydrogen-bond acceptors (Lipinski definition) is 6. The maximum absolute atomic E-state index is 13.5. The highest BCUT2D eigenvalue weighted by Gasteiger charge is 2.23. The Kier molecular flexibility index (Phi) is 8.04. The number of aromatic nitrogens is 2. The molecule has 1 aliphatic carbocycles. The molecule has 0 saturated heterocycles. The van der Waals surface area contributed by atoms with Crippen molar-refractivity contribution in [2.24, 2.45) is 5.10 Å². The van der Waals surface area contributed by atoms with Gasteiger partial charge >= 0.3 is 5.69 Å². The Morgan fingerprint density at radius 1 is 1.18 bits per heavy atom. The summed E-state index contributed by atoms with van der Waals surface area (Å²) in [6.45, 7) is -0.107. The zero-order chi connectivity index (χ0) is 27.5. The molecule has 0 amide bonds. The molecule has 39 heavy (non-hydrogen) atoms. The Morgan fingerprint density at radius 3 is 2.72 bits per heavy atom. The summed E-state index contributed by atoms with van der Waals surface area (Å²) in [4.78, 5) is 29.5. The van der Waals surface area contributed by atoms with Crippen molar-refractivity contribution in [2.45, 2.75) is 44.6 Å². The largest absolute Gasteiger partial charge is 0.481 e. The van der Waals surface area contributed by atoms with Crippen LogP contribution in [0.5, 0.6) is 5.75 Å². The van der Waals surface area contributed by atoms with Crippen molar-refractivity contribution in [1.29, 1.82) is 0 Å². The lowest BCUT2D eigenvalue weighted by atomic mass is 9.88. The van der Waals surface area contributed by atoms with Gasteiger partial charge in [0, 0.05) is 22.0 Å². The molecule has 1 aromatic heterocycles. The van der Waals surface area contributed by atoms with Gasteiger partial charge in [-0.05, 0) is 54.8 Å². The first-order chi connectivity index (χ1) is 18.8. The highest BCUT2D eigenvalue weighted by atomic mass is 79.9. The van der Waals surface area contributed by atoms with Crippen LogP contribution in [-0.2, 0) is 6.61 Å². The molecule has 4 aromatic rings. The van der Waals surface area contributed by atoms with Gasteiger partial charge in [-0.1, -0.05) is 58.9 Å². The van der Waals surface area contributed by atoms with E-state index in [0.29, 0.717) is 27.9 Å². The normalized spacial score (nSPS) is 14.2. The summed E-state index contributed by atoms with van der Waals surface area (Å²) in [5, 5.41) is 16.7. The lowest BCUT2D eigenvalue weighted by Crippen LogP contribution is -2.25. The van der Waals surface area contributed by atoms with Crippen molar-refractivity contribution in [3.63, 3.8) is 0 Å². The number of halogens is 3. The molecule has 1 heterocycles. The number of hydrogen-bond donors (Lipinski definition) is 0. The number of nitro groups is 1. The first kappa shape index (κ1) is 27.0. The predicted octanol–water partition coefficient (Wildman–Crippen LogP) is 7.37. The molecule has 8 nitrogen and oxygen atoms in total. The molecule has 3 aromatic carbocycles. The van der Waals surface area contributed by atoms with Crippen LogP contribution in [0.3, 0.4) is 0 Å². The third-order valence-electron chi connectivity index (χ3n) is 6.64. The monoisotopic (exact) mass is 612 g/mol. The van der Waals surface area contributed by atoms with Gasteiger partial charge < -0.3 is 4.74 Å². The number of fused-ring (bicyclic) bond motifs is 1. The molecular weight excluding hydrogens is 591 g/mol. The third-order valence-corrected chi connectivity index (χ3v) is 7.42. The average Bonchev–Trinajstić information content (AvgIpc) is 2.92.